The first-order chi connectivity index (χ1) is 21.3. The second kappa shape index (κ2) is 12.8. The zero-order chi connectivity index (χ0) is 30.8. The van der Waals surface area contributed by atoms with Crippen molar-refractivity contribution in [2.24, 2.45) is 0 Å². The predicted molar refractivity (Wildman–Crippen MR) is 166 cm³/mol. The van der Waals surface area contributed by atoms with Crippen LogP contribution in [0.15, 0.2) is 48.8 Å². The van der Waals surface area contributed by atoms with E-state index in [1.54, 1.807) is 0 Å². The number of ether oxygens (including phenoxy) is 2. The van der Waals surface area contributed by atoms with E-state index in [1.807, 2.05) is 0 Å². The molecule has 1 amide bonds. The molecule has 0 aliphatic carbocycles. The summed E-state index contributed by atoms with van der Waals surface area (Å²) in [6.45, 7) is 10.3. The fraction of sp³-hybridized carbons (Fsp3) is 0.455. The molecule has 0 bridgehead atoms. The molecule has 1 unspecified atom stereocenters. The summed E-state index contributed by atoms with van der Waals surface area (Å²) >= 11 is 0. The fourth-order valence-electron chi connectivity index (χ4n) is 6.58. The standard InChI is InChI=1S/C33H38FN7O3/c1-22-6-4-7-24-8-5-9-29(30(22)24)39-13-11-27-28(20-39)36-33(44-21-26-19-38(3)16-17-43-26)37-31(27)40-14-15-41(32(42)23(2)34)25(18-40)10-12-35/h4-9,25-26H,2,10-11,13-21H2,1,3H3/t25-,26?/m0/s1. The molecule has 0 saturated carbocycles. The van der Waals surface area contributed by atoms with Crippen LogP contribution in [0.3, 0.4) is 0 Å². The van der Waals surface area contributed by atoms with Gasteiger partial charge in [-0.2, -0.15) is 15.2 Å². The van der Waals surface area contributed by atoms with Gasteiger partial charge in [0, 0.05) is 55.9 Å². The van der Waals surface area contributed by atoms with Gasteiger partial charge >= 0.3 is 6.01 Å². The lowest BCUT2D eigenvalue weighted by Crippen LogP contribution is -2.55. The van der Waals surface area contributed by atoms with E-state index in [0.717, 1.165) is 36.7 Å². The summed E-state index contributed by atoms with van der Waals surface area (Å²) in [5, 5.41) is 11.9. The Bertz CT molecular complexity index is 1600. The third-order valence-electron chi connectivity index (χ3n) is 8.80. The van der Waals surface area contributed by atoms with Gasteiger partial charge in [0.05, 0.1) is 37.4 Å². The van der Waals surface area contributed by atoms with E-state index >= 15 is 0 Å². The van der Waals surface area contributed by atoms with Crippen LogP contribution in [0, 0.1) is 18.3 Å². The number of hydrogen-bond donors (Lipinski definition) is 0. The summed E-state index contributed by atoms with van der Waals surface area (Å²) in [5.41, 5.74) is 4.31. The Labute approximate surface area is 257 Å². The minimum Gasteiger partial charge on any atom is -0.461 e. The van der Waals surface area contributed by atoms with Gasteiger partial charge in [0.1, 0.15) is 18.5 Å². The number of anilines is 2. The Hall–Kier alpha value is -4.27. The van der Waals surface area contributed by atoms with E-state index in [4.69, 9.17) is 19.4 Å². The highest BCUT2D eigenvalue weighted by molar-refractivity contribution is 5.97. The molecular formula is C33H38FN7O3. The number of benzene rings is 2. The summed E-state index contributed by atoms with van der Waals surface area (Å²) in [6.07, 6.45) is 0.704. The second-order valence-electron chi connectivity index (χ2n) is 11.8. The van der Waals surface area contributed by atoms with E-state index in [2.05, 4.69) is 77.7 Å². The molecule has 1 aromatic heterocycles. The number of carbonyl (C=O) groups is 1. The van der Waals surface area contributed by atoms with Crippen LogP contribution in [0.2, 0.25) is 0 Å². The lowest BCUT2D eigenvalue weighted by Gasteiger charge is -2.42. The maximum Gasteiger partial charge on any atom is 0.318 e. The molecule has 2 aromatic carbocycles. The van der Waals surface area contributed by atoms with Crippen LogP contribution in [0.5, 0.6) is 6.01 Å². The smallest absolute Gasteiger partial charge is 0.318 e. The van der Waals surface area contributed by atoms with Crippen molar-refractivity contribution in [3.8, 4) is 12.1 Å². The van der Waals surface area contributed by atoms with Crippen molar-refractivity contribution < 1.29 is 18.7 Å². The van der Waals surface area contributed by atoms with E-state index in [-0.39, 0.29) is 25.1 Å². The van der Waals surface area contributed by atoms with Crippen LogP contribution in [0.4, 0.5) is 15.9 Å². The topological polar surface area (TPSA) is 98.1 Å². The van der Waals surface area contributed by atoms with Crippen LogP contribution in [0.25, 0.3) is 10.8 Å². The van der Waals surface area contributed by atoms with Gasteiger partial charge in [0.15, 0.2) is 5.83 Å². The lowest BCUT2D eigenvalue weighted by molar-refractivity contribution is -0.131. The normalized spacial score (nSPS) is 20.7. The molecule has 0 spiro atoms. The van der Waals surface area contributed by atoms with Gasteiger partial charge in [-0.1, -0.05) is 36.9 Å². The van der Waals surface area contributed by atoms with Crippen molar-refractivity contribution in [1.29, 1.82) is 5.26 Å². The fourth-order valence-corrected chi connectivity index (χ4v) is 6.58. The number of amides is 1. The molecular weight excluding hydrogens is 561 g/mol. The van der Waals surface area contributed by atoms with Gasteiger partial charge < -0.3 is 29.1 Å². The van der Waals surface area contributed by atoms with Crippen molar-refractivity contribution in [2.75, 3.05) is 69.3 Å². The zero-order valence-electron chi connectivity index (χ0n) is 25.3. The van der Waals surface area contributed by atoms with Crippen LogP contribution in [-0.4, -0.2) is 97.4 Å². The molecule has 6 rings (SSSR count). The summed E-state index contributed by atoms with van der Waals surface area (Å²) in [7, 11) is 2.06. The molecule has 2 saturated heterocycles. The maximum atomic E-state index is 13.8. The van der Waals surface area contributed by atoms with Gasteiger partial charge in [0.2, 0.25) is 0 Å². The number of aromatic nitrogens is 2. The molecule has 44 heavy (non-hydrogen) atoms. The molecule has 0 N–H and O–H groups in total. The average Bonchev–Trinajstić information content (AvgIpc) is 3.03. The molecule has 4 heterocycles. The summed E-state index contributed by atoms with van der Waals surface area (Å²) in [4.78, 5) is 30.4. The van der Waals surface area contributed by atoms with E-state index in [9.17, 15) is 14.4 Å². The summed E-state index contributed by atoms with van der Waals surface area (Å²) in [6, 6.07) is 14.7. The Kier molecular flexibility index (Phi) is 8.64. The molecule has 10 nitrogen and oxygen atoms in total. The monoisotopic (exact) mass is 599 g/mol. The van der Waals surface area contributed by atoms with Crippen LogP contribution in [0.1, 0.15) is 23.2 Å². The number of nitriles is 1. The largest absolute Gasteiger partial charge is 0.461 e. The highest BCUT2D eigenvalue weighted by Crippen LogP contribution is 2.36. The first kappa shape index (κ1) is 29.8. The summed E-state index contributed by atoms with van der Waals surface area (Å²) < 4.78 is 25.9. The van der Waals surface area contributed by atoms with Crippen LogP contribution < -0.4 is 14.5 Å². The number of hydrogen-bond acceptors (Lipinski definition) is 9. The van der Waals surface area contributed by atoms with Crippen molar-refractivity contribution in [1.82, 2.24) is 19.8 Å². The first-order valence-corrected chi connectivity index (χ1v) is 15.2. The Morgan fingerprint density at radius 2 is 1.95 bits per heavy atom. The number of likely N-dealkylation sites (N-methyl/N-ethyl adjacent to an activating group) is 1. The minimum absolute atomic E-state index is 0.0763. The third kappa shape index (κ3) is 6.05. The van der Waals surface area contributed by atoms with Crippen LogP contribution in [-0.2, 0) is 22.5 Å². The van der Waals surface area contributed by atoms with E-state index in [0.29, 0.717) is 39.3 Å². The first-order valence-electron chi connectivity index (χ1n) is 15.2. The second-order valence-corrected chi connectivity index (χ2v) is 11.8. The molecule has 230 valence electrons. The Morgan fingerprint density at radius 1 is 1.14 bits per heavy atom. The lowest BCUT2D eigenvalue weighted by atomic mass is 9.99. The maximum absolute atomic E-state index is 13.8. The Morgan fingerprint density at radius 3 is 2.73 bits per heavy atom. The SMILES string of the molecule is C=C(F)C(=O)N1CCN(c2nc(OCC3CN(C)CCO3)nc3c2CCN(c2cccc4cccc(C)c24)C3)C[C@@H]1CC#N. The van der Waals surface area contributed by atoms with Gasteiger partial charge in [-0.05, 0) is 37.4 Å². The van der Waals surface area contributed by atoms with Crippen molar-refractivity contribution in [2.45, 2.75) is 38.5 Å². The zero-order valence-corrected chi connectivity index (χ0v) is 25.3. The van der Waals surface area contributed by atoms with Crippen LogP contribution >= 0.6 is 0 Å². The molecule has 3 aromatic rings. The molecule has 3 aliphatic heterocycles. The Balaban J connectivity index is 1.33. The number of carbonyl (C=O) groups excluding carboxylic acids is 1. The number of halogens is 1. The third-order valence-corrected chi connectivity index (χ3v) is 8.80. The van der Waals surface area contributed by atoms with Crippen molar-refractivity contribution >= 4 is 28.2 Å². The number of fused-ring (bicyclic) bond motifs is 2. The number of morpholine rings is 1. The summed E-state index contributed by atoms with van der Waals surface area (Å²) in [5.74, 6) is -1.04. The quantitative estimate of drug-likeness (QED) is 0.377. The van der Waals surface area contributed by atoms with Gasteiger partial charge in [-0.15, -0.1) is 0 Å². The molecule has 3 aliphatic rings. The average molecular weight is 600 g/mol. The minimum atomic E-state index is -1.02. The van der Waals surface area contributed by atoms with Gasteiger partial charge in [-0.3, -0.25) is 4.79 Å². The molecule has 0 radical (unpaired) electrons. The number of piperazine rings is 1. The van der Waals surface area contributed by atoms with E-state index in [1.165, 1.54) is 26.9 Å². The highest BCUT2D eigenvalue weighted by Gasteiger charge is 2.35. The molecule has 2 fully saturated rings. The van der Waals surface area contributed by atoms with Gasteiger partial charge in [-0.25, -0.2) is 4.39 Å². The number of rotatable bonds is 7. The van der Waals surface area contributed by atoms with E-state index < -0.39 is 17.8 Å². The molecule has 2 atom stereocenters. The number of aryl methyl sites for hydroxylation is 1. The van der Waals surface area contributed by atoms with Crippen molar-refractivity contribution in [3.63, 3.8) is 0 Å². The predicted octanol–water partition coefficient (Wildman–Crippen LogP) is 3.62. The van der Waals surface area contributed by atoms with Gasteiger partial charge in [0.25, 0.3) is 5.91 Å². The number of nitrogens with zero attached hydrogens (tertiary/aromatic N) is 7. The highest BCUT2D eigenvalue weighted by atomic mass is 19.1. The molecule has 11 heteroatoms. The van der Waals surface area contributed by atoms with Crippen molar-refractivity contribution in [3.05, 3.63) is 65.6 Å².